The highest BCUT2D eigenvalue weighted by atomic mass is 16.5. The van der Waals surface area contributed by atoms with Crippen molar-refractivity contribution < 1.29 is 9.53 Å². The molecule has 1 aromatic carbocycles. The molecule has 3 N–H and O–H groups in total. The molecule has 1 amide bonds. The first kappa shape index (κ1) is 21.0. The van der Waals surface area contributed by atoms with Crippen LogP contribution in [0.3, 0.4) is 0 Å². The van der Waals surface area contributed by atoms with Crippen LogP contribution in [0.25, 0.3) is 16.7 Å². The number of hydrogen-bond donors (Lipinski definition) is 3. The number of nitrogens with zero attached hydrogens (tertiary/aromatic N) is 6. The van der Waals surface area contributed by atoms with Gasteiger partial charge in [0.05, 0.1) is 29.7 Å². The maximum Gasteiger partial charge on any atom is 0.271 e. The van der Waals surface area contributed by atoms with E-state index in [2.05, 4.69) is 53.0 Å². The molecule has 2 atom stereocenters. The number of anilines is 3. The Morgan fingerprint density at radius 3 is 2.94 bits per heavy atom. The van der Waals surface area contributed by atoms with E-state index < -0.39 is 5.40 Å². The fraction of sp³-hybridized carbons (Fsp3) is 0.381. The van der Waals surface area contributed by atoms with Gasteiger partial charge in [-0.2, -0.15) is 0 Å². The van der Waals surface area contributed by atoms with Gasteiger partial charge >= 0.3 is 0 Å². The third kappa shape index (κ3) is 3.22. The van der Waals surface area contributed by atoms with Crippen molar-refractivity contribution in [3.63, 3.8) is 0 Å². The Morgan fingerprint density at radius 1 is 1.26 bits per heavy atom. The number of benzene rings is 1. The molecule has 1 fully saturated rings. The van der Waals surface area contributed by atoms with Gasteiger partial charge in [0.1, 0.15) is 26.7 Å². The number of ether oxygens (including phenoxy) is 1. The Kier molecular flexibility index (Phi) is 4.60. The summed E-state index contributed by atoms with van der Waals surface area (Å²) in [7, 11) is 7.78. The molecule has 1 aliphatic carbocycles. The number of nitrogens with one attached hydrogen (secondary N) is 3. The summed E-state index contributed by atoms with van der Waals surface area (Å²) in [6.45, 7) is 0. The lowest BCUT2D eigenvalue weighted by Gasteiger charge is -2.33. The van der Waals surface area contributed by atoms with E-state index in [0.29, 0.717) is 17.2 Å². The van der Waals surface area contributed by atoms with E-state index in [1.165, 1.54) is 0 Å². The third-order valence-corrected chi connectivity index (χ3v) is 6.84. The zero-order valence-corrected chi connectivity index (χ0v) is 19.6. The average Bonchev–Trinajstić information content (AvgIpc) is 3.51. The maximum absolute atomic E-state index is 13.3. The molecule has 0 unspecified atom stereocenters. The van der Waals surface area contributed by atoms with Gasteiger partial charge in [0.25, 0.3) is 5.91 Å². The number of fused-ring (bicyclic) bond motifs is 6. The lowest BCUT2D eigenvalue weighted by atomic mass is 9.61. The van der Waals surface area contributed by atoms with Gasteiger partial charge in [0.15, 0.2) is 17.2 Å². The van der Waals surface area contributed by atoms with Gasteiger partial charge in [-0.05, 0) is 37.0 Å². The highest BCUT2D eigenvalue weighted by Gasteiger charge is 2.36. The van der Waals surface area contributed by atoms with Gasteiger partial charge in [-0.3, -0.25) is 4.79 Å². The van der Waals surface area contributed by atoms with Crippen molar-refractivity contribution in [2.24, 2.45) is 7.05 Å². The summed E-state index contributed by atoms with van der Waals surface area (Å²) < 4.78 is 9.96. The van der Waals surface area contributed by atoms with E-state index in [4.69, 9.17) is 9.84 Å². The molecule has 0 spiro atoms. The first-order valence-corrected chi connectivity index (χ1v) is 11.5. The number of amides is 1. The van der Waals surface area contributed by atoms with Gasteiger partial charge in [-0.1, -0.05) is 5.21 Å². The van der Waals surface area contributed by atoms with Crippen LogP contribution in [0, 0.1) is 0 Å². The average molecular weight is 457 g/mol. The van der Waals surface area contributed by atoms with Crippen LogP contribution < -0.4 is 16.0 Å². The second kappa shape index (κ2) is 7.45. The molecule has 4 heterocycles. The van der Waals surface area contributed by atoms with Crippen molar-refractivity contribution >= 4 is 55.5 Å². The van der Waals surface area contributed by atoms with Gasteiger partial charge in [-0.25, -0.2) is 14.2 Å². The number of carbonyl (C=O) groups is 1. The Labute approximate surface area is 197 Å². The molecule has 34 heavy (non-hydrogen) atoms. The van der Waals surface area contributed by atoms with Gasteiger partial charge < -0.3 is 20.7 Å². The standard InChI is InChI=1S/C21H25B2N9O2/c1-24-14-8-17-26-12-6-10(7-13-18(12)31(2)30-28-13)21(22,23)34-16-5-3-4-11(16)27-20(33)15-9-25-19(14)32(15)29-17/h6-9,11,16,24H,3-5,22-23H2,1-2H3,(H,26,29)(H,27,33)/t11-,16+/m1/s1. The molecule has 4 aromatic rings. The summed E-state index contributed by atoms with van der Waals surface area (Å²) >= 11 is 0. The highest BCUT2D eigenvalue weighted by Crippen LogP contribution is 2.35. The Morgan fingerprint density at radius 2 is 2.12 bits per heavy atom. The van der Waals surface area contributed by atoms with Crippen molar-refractivity contribution in [2.45, 2.75) is 36.8 Å². The number of hydrogen-bond acceptors (Lipinski definition) is 8. The summed E-state index contributed by atoms with van der Waals surface area (Å²) in [6, 6.07) is 5.86. The maximum atomic E-state index is 13.3. The minimum Gasteiger partial charge on any atom is -0.385 e. The summed E-state index contributed by atoms with van der Waals surface area (Å²) in [4.78, 5) is 17.7. The first-order chi connectivity index (χ1) is 16.3. The molecular weight excluding hydrogens is 432 g/mol. The SMILES string of the molecule is BC1(B)O[C@H]2CCC[C@H]2NC(=O)c2cnc3c(NC)cc(nn23)Nc2cc1cc1nnn(C)c21. The van der Waals surface area contributed by atoms with Crippen LogP contribution in [0.15, 0.2) is 24.4 Å². The van der Waals surface area contributed by atoms with Gasteiger partial charge in [0, 0.05) is 25.6 Å². The topological polar surface area (TPSA) is 123 Å². The second-order valence-electron chi connectivity index (χ2n) is 9.48. The molecule has 4 bridgehead atoms. The van der Waals surface area contributed by atoms with E-state index in [0.717, 1.165) is 47.2 Å². The zero-order valence-electron chi connectivity index (χ0n) is 19.6. The molecule has 2 aliphatic rings. The van der Waals surface area contributed by atoms with Crippen LogP contribution in [-0.4, -0.2) is 70.4 Å². The monoisotopic (exact) mass is 457 g/mol. The predicted molar refractivity (Wildman–Crippen MR) is 133 cm³/mol. The molecule has 0 radical (unpaired) electrons. The number of imidazole rings is 1. The summed E-state index contributed by atoms with van der Waals surface area (Å²) in [5.41, 5.74) is 5.08. The van der Waals surface area contributed by atoms with E-state index in [1.807, 2.05) is 26.2 Å². The third-order valence-electron chi connectivity index (χ3n) is 6.84. The van der Waals surface area contributed by atoms with E-state index >= 15 is 0 Å². The fourth-order valence-corrected chi connectivity index (χ4v) is 5.07. The minimum absolute atomic E-state index is 0.0925. The zero-order chi connectivity index (χ0) is 23.6. The molecule has 13 heteroatoms. The minimum atomic E-state index is -0.612. The largest absolute Gasteiger partial charge is 0.385 e. The quantitative estimate of drug-likeness (QED) is 0.338. The van der Waals surface area contributed by atoms with Crippen LogP contribution in [0.5, 0.6) is 0 Å². The Bertz CT molecular complexity index is 1450. The number of rotatable bonds is 1. The van der Waals surface area contributed by atoms with Crippen molar-refractivity contribution in [3.8, 4) is 0 Å². The van der Waals surface area contributed by atoms with Crippen molar-refractivity contribution in [1.82, 2.24) is 34.9 Å². The summed E-state index contributed by atoms with van der Waals surface area (Å²) in [5.74, 6) is 0.337. The van der Waals surface area contributed by atoms with Crippen LogP contribution in [0.4, 0.5) is 17.2 Å². The Hall–Kier alpha value is -3.60. The summed E-state index contributed by atoms with van der Waals surface area (Å²) in [5, 5.41) is 22.5. The molecule has 3 aromatic heterocycles. The number of aryl methyl sites for hydroxylation is 1. The van der Waals surface area contributed by atoms with E-state index in [1.54, 1.807) is 15.4 Å². The molecule has 6 rings (SSSR count). The van der Waals surface area contributed by atoms with Crippen LogP contribution in [-0.2, 0) is 17.2 Å². The van der Waals surface area contributed by atoms with Crippen LogP contribution in [0.1, 0.15) is 35.3 Å². The molecule has 172 valence electrons. The normalized spacial score (nSPS) is 21.8. The predicted octanol–water partition coefficient (Wildman–Crippen LogP) is -0.146. The van der Waals surface area contributed by atoms with Crippen molar-refractivity contribution in [1.29, 1.82) is 0 Å². The van der Waals surface area contributed by atoms with E-state index in [9.17, 15) is 4.79 Å². The number of carbonyl (C=O) groups excluding carboxylic acids is 1. The molecule has 1 aliphatic heterocycles. The lowest BCUT2D eigenvalue weighted by molar-refractivity contribution is -0.00593. The number of aromatic nitrogens is 6. The molecule has 1 saturated carbocycles. The molecule has 11 nitrogen and oxygen atoms in total. The molecule has 0 saturated heterocycles. The van der Waals surface area contributed by atoms with Crippen molar-refractivity contribution in [2.75, 3.05) is 17.7 Å². The first-order valence-electron chi connectivity index (χ1n) is 11.5. The Balaban J connectivity index is 1.60. The fourth-order valence-electron chi connectivity index (χ4n) is 5.07. The highest BCUT2D eigenvalue weighted by molar-refractivity contribution is 6.39. The van der Waals surface area contributed by atoms with Crippen molar-refractivity contribution in [3.05, 3.63) is 35.7 Å². The van der Waals surface area contributed by atoms with E-state index in [-0.39, 0.29) is 18.1 Å². The van der Waals surface area contributed by atoms with Crippen LogP contribution in [0.2, 0.25) is 0 Å². The van der Waals surface area contributed by atoms with Gasteiger partial charge in [0.2, 0.25) is 0 Å². The summed E-state index contributed by atoms with van der Waals surface area (Å²) in [6.07, 6.45) is 4.19. The van der Waals surface area contributed by atoms with Gasteiger partial charge in [-0.15, -0.1) is 10.2 Å². The second-order valence-corrected chi connectivity index (χ2v) is 9.48. The molecular formula is C21H25B2N9O2. The van der Waals surface area contributed by atoms with Crippen LogP contribution >= 0.6 is 0 Å². The lowest BCUT2D eigenvalue weighted by Crippen LogP contribution is -2.46. The smallest absolute Gasteiger partial charge is 0.271 e.